The molecule has 1 atom stereocenters. The zero-order valence-corrected chi connectivity index (χ0v) is 12.5. The van der Waals surface area contributed by atoms with E-state index in [4.69, 9.17) is 4.52 Å². The predicted octanol–water partition coefficient (Wildman–Crippen LogP) is 3.97. The molecule has 2 aromatic heterocycles. The lowest BCUT2D eigenvalue weighted by Crippen LogP contribution is -2.18. The van der Waals surface area contributed by atoms with Crippen LogP contribution in [0, 0.1) is 13.8 Å². The van der Waals surface area contributed by atoms with Crippen LogP contribution in [0.5, 0.6) is 0 Å². The zero-order chi connectivity index (χ0) is 12.4. The van der Waals surface area contributed by atoms with Crippen LogP contribution in [0.1, 0.15) is 34.9 Å². The van der Waals surface area contributed by atoms with Gasteiger partial charge in [-0.15, -0.1) is 11.3 Å². The van der Waals surface area contributed by atoms with Crippen molar-refractivity contribution in [3.05, 3.63) is 37.8 Å². The third-order valence-corrected chi connectivity index (χ3v) is 4.42. The highest BCUT2D eigenvalue weighted by Gasteiger charge is 2.15. The van der Waals surface area contributed by atoms with E-state index in [1.165, 1.54) is 10.4 Å². The molecule has 5 heteroatoms. The van der Waals surface area contributed by atoms with Crippen molar-refractivity contribution in [2.24, 2.45) is 0 Å². The second-order valence-electron chi connectivity index (χ2n) is 4.07. The first kappa shape index (κ1) is 12.8. The highest BCUT2D eigenvalue weighted by Crippen LogP contribution is 2.23. The van der Waals surface area contributed by atoms with Crippen LogP contribution in [0.4, 0.5) is 0 Å². The fraction of sp³-hybridized carbons (Fsp3) is 0.417. The fourth-order valence-electron chi connectivity index (χ4n) is 1.91. The Kier molecular flexibility index (Phi) is 4.01. The van der Waals surface area contributed by atoms with E-state index in [2.05, 4.69) is 44.8 Å². The topological polar surface area (TPSA) is 38.1 Å². The maximum absolute atomic E-state index is 5.18. The van der Waals surface area contributed by atoms with Crippen LogP contribution in [0.15, 0.2) is 20.4 Å². The molecule has 0 aromatic carbocycles. The number of halogens is 1. The summed E-state index contributed by atoms with van der Waals surface area (Å²) in [5.41, 5.74) is 2.13. The fourth-order valence-corrected chi connectivity index (χ4v) is 3.31. The number of nitrogens with one attached hydrogen (secondary N) is 1. The Hall–Kier alpha value is -0.650. The molecule has 0 saturated carbocycles. The van der Waals surface area contributed by atoms with Crippen molar-refractivity contribution >= 4 is 27.3 Å². The van der Waals surface area contributed by atoms with Crippen molar-refractivity contribution in [3.8, 4) is 0 Å². The molecular formula is C12H15BrN2OS. The van der Waals surface area contributed by atoms with Gasteiger partial charge in [-0.05, 0) is 42.8 Å². The van der Waals surface area contributed by atoms with E-state index >= 15 is 0 Å². The normalized spacial score (nSPS) is 12.9. The number of thiophene rings is 1. The molecule has 0 aliphatic heterocycles. The number of rotatable bonds is 4. The van der Waals surface area contributed by atoms with E-state index in [9.17, 15) is 0 Å². The zero-order valence-electron chi connectivity index (χ0n) is 10.1. The van der Waals surface area contributed by atoms with Crippen LogP contribution in [0.2, 0.25) is 0 Å². The van der Waals surface area contributed by atoms with Gasteiger partial charge in [-0.1, -0.05) is 5.16 Å². The molecule has 1 N–H and O–H groups in total. The first-order valence-corrected chi connectivity index (χ1v) is 7.14. The van der Waals surface area contributed by atoms with Gasteiger partial charge in [-0.25, -0.2) is 0 Å². The van der Waals surface area contributed by atoms with Crippen LogP contribution in [-0.2, 0) is 6.54 Å². The average Bonchev–Trinajstić information content (AvgIpc) is 2.83. The van der Waals surface area contributed by atoms with Gasteiger partial charge in [0.05, 0.1) is 5.69 Å². The minimum absolute atomic E-state index is 0.252. The molecule has 0 amide bonds. The summed E-state index contributed by atoms with van der Waals surface area (Å²) in [6.45, 7) is 6.93. The summed E-state index contributed by atoms with van der Waals surface area (Å²) in [4.78, 5) is 1.32. The largest absolute Gasteiger partial charge is 0.361 e. The van der Waals surface area contributed by atoms with Crippen LogP contribution >= 0.6 is 27.3 Å². The maximum Gasteiger partial charge on any atom is 0.138 e. The SMILES string of the molecule is Cc1noc(C)c1C(C)NCc1cc(Br)cs1. The van der Waals surface area contributed by atoms with Crippen LogP contribution < -0.4 is 5.32 Å². The summed E-state index contributed by atoms with van der Waals surface area (Å²) in [5, 5.41) is 9.56. The summed E-state index contributed by atoms with van der Waals surface area (Å²) in [5.74, 6) is 0.898. The Bertz CT molecular complexity index is 487. The van der Waals surface area contributed by atoms with Crippen molar-refractivity contribution in [2.45, 2.75) is 33.4 Å². The third-order valence-electron chi connectivity index (χ3n) is 2.73. The number of hydrogen-bond acceptors (Lipinski definition) is 4. The van der Waals surface area contributed by atoms with Crippen molar-refractivity contribution in [3.63, 3.8) is 0 Å². The van der Waals surface area contributed by atoms with Gasteiger partial charge in [0, 0.05) is 32.9 Å². The van der Waals surface area contributed by atoms with Crippen molar-refractivity contribution < 1.29 is 4.52 Å². The highest BCUT2D eigenvalue weighted by molar-refractivity contribution is 9.10. The standard InChI is InChI=1S/C12H15BrN2OS/c1-7(12-8(2)15-16-9(12)3)14-5-11-4-10(13)6-17-11/h4,6-7,14H,5H2,1-3H3. The van der Waals surface area contributed by atoms with Crippen molar-refractivity contribution in [1.29, 1.82) is 0 Å². The smallest absolute Gasteiger partial charge is 0.138 e. The van der Waals surface area contributed by atoms with Crippen LogP contribution in [-0.4, -0.2) is 5.16 Å². The lowest BCUT2D eigenvalue weighted by Gasteiger charge is -2.12. The van der Waals surface area contributed by atoms with E-state index in [0.717, 1.165) is 22.5 Å². The Morgan fingerprint density at radius 1 is 1.53 bits per heavy atom. The summed E-state index contributed by atoms with van der Waals surface area (Å²) < 4.78 is 6.32. The Labute approximate surface area is 113 Å². The van der Waals surface area contributed by atoms with Gasteiger partial charge in [0.1, 0.15) is 5.76 Å². The highest BCUT2D eigenvalue weighted by atomic mass is 79.9. The molecule has 2 aromatic rings. The van der Waals surface area contributed by atoms with Gasteiger partial charge in [0.2, 0.25) is 0 Å². The first-order chi connectivity index (χ1) is 8.08. The summed E-state index contributed by atoms with van der Waals surface area (Å²) in [6, 6.07) is 2.39. The van der Waals surface area contributed by atoms with Crippen molar-refractivity contribution in [1.82, 2.24) is 10.5 Å². The Morgan fingerprint density at radius 3 is 2.82 bits per heavy atom. The molecule has 92 valence electrons. The van der Waals surface area contributed by atoms with Crippen molar-refractivity contribution in [2.75, 3.05) is 0 Å². The average molecular weight is 315 g/mol. The minimum Gasteiger partial charge on any atom is -0.361 e. The van der Waals surface area contributed by atoms with Gasteiger partial charge in [0.15, 0.2) is 0 Å². The third kappa shape index (κ3) is 2.97. The van der Waals surface area contributed by atoms with Gasteiger partial charge in [-0.2, -0.15) is 0 Å². The molecular weight excluding hydrogens is 300 g/mol. The second kappa shape index (κ2) is 5.33. The van der Waals surface area contributed by atoms with Crippen LogP contribution in [0.3, 0.4) is 0 Å². The van der Waals surface area contributed by atoms with Crippen LogP contribution in [0.25, 0.3) is 0 Å². The van der Waals surface area contributed by atoms with E-state index < -0.39 is 0 Å². The van der Waals surface area contributed by atoms with Gasteiger partial charge >= 0.3 is 0 Å². The van der Waals surface area contributed by atoms with Gasteiger partial charge < -0.3 is 9.84 Å². The minimum atomic E-state index is 0.252. The molecule has 0 saturated heterocycles. The molecule has 0 radical (unpaired) electrons. The molecule has 0 fully saturated rings. The monoisotopic (exact) mass is 314 g/mol. The molecule has 0 bridgehead atoms. The van der Waals surface area contributed by atoms with E-state index in [-0.39, 0.29) is 6.04 Å². The summed E-state index contributed by atoms with van der Waals surface area (Å²) in [7, 11) is 0. The lowest BCUT2D eigenvalue weighted by atomic mass is 10.1. The summed E-state index contributed by atoms with van der Waals surface area (Å²) >= 11 is 5.21. The molecule has 0 aliphatic rings. The number of hydrogen-bond donors (Lipinski definition) is 1. The molecule has 0 aliphatic carbocycles. The van der Waals surface area contributed by atoms with E-state index in [1.54, 1.807) is 11.3 Å². The number of aromatic nitrogens is 1. The summed E-state index contributed by atoms with van der Waals surface area (Å²) in [6.07, 6.45) is 0. The Morgan fingerprint density at radius 2 is 2.29 bits per heavy atom. The predicted molar refractivity (Wildman–Crippen MR) is 73.3 cm³/mol. The lowest BCUT2D eigenvalue weighted by molar-refractivity contribution is 0.390. The molecule has 2 rings (SSSR count). The number of aryl methyl sites for hydroxylation is 2. The second-order valence-corrected chi connectivity index (χ2v) is 5.98. The Balaban J connectivity index is 2.00. The maximum atomic E-state index is 5.18. The quantitative estimate of drug-likeness (QED) is 0.928. The first-order valence-electron chi connectivity index (χ1n) is 5.47. The van der Waals surface area contributed by atoms with E-state index in [0.29, 0.717) is 0 Å². The van der Waals surface area contributed by atoms with Gasteiger partial charge in [-0.3, -0.25) is 0 Å². The molecule has 17 heavy (non-hydrogen) atoms. The molecule has 3 nitrogen and oxygen atoms in total. The molecule has 0 spiro atoms. The number of nitrogens with zero attached hydrogens (tertiary/aromatic N) is 1. The van der Waals surface area contributed by atoms with E-state index in [1.807, 2.05) is 13.8 Å². The van der Waals surface area contributed by atoms with Gasteiger partial charge in [0.25, 0.3) is 0 Å². The molecule has 2 heterocycles. The molecule has 1 unspecified atom stereocenters.